The van der Waals surface area contributed by atoms with Crippen LogP contribution in [-0.2, 0) is 0 Å². The lowest BCUT2D eigenvalue weighted by Gasteiger charge is -1.82. The lowest BCUT2D eigenvalue weighted by atomic mass is 10.6. The fourth-order valence-corrected chi connectivity index (χ4v) is 0. The van der Waals surface area contributed by atoms with Crippen LogP contribution in [0.1, 0.15) is 34.6 Å². The van der Waals surface area contributed by atoms with E-state index < -0.39 is 0 Å². The van der Waals surface area contributed by atoms with Gasteiger partial charge in [-0.15, -0.1) is 16.7 Å². The zero-order valence-corrected chi connectivity index (χ0v) is 15.4. The average Bonchev–Trinajstić information content (AvgIpc) is 2.55. The van der Waals surface area contributed by atoms with Crippen molar-refractivity contribution in [2.75, 3.05) is 35.2 Å². The van der Waals surface area contributed by atoms with Gasteiger partial charge in [-0.1, -0.05) is 12.2 Å². The van der Waals surface area contributed by atoms with Gasteiger partial charge in [0.25, 0.3) is 0 Å². The maximum Gasteiger partial charge on any atom is 0.171 e. The number of nitrogens with zero attached hydrogens (tertiary/aromatic N) is 5. The summed E-state index contributed by atoms with van der Waals surface area (Å²) in [5.74, 6) is 5.36. The van der Waals surface area contributed by atoms with Crippen molar-refractivity contribution in [2.45, 2.75) is 34.6 Å². The van der Waals surface area contributed by atoms with Gasteiger partial charge in [-0.05, 0) is 45.9 Å². The Kier molecular flexibility index (Phi) is 77.8. The van der Waals surface area contributed by atoms with Gasteiger partial charge in [-0.3, -0.25) is 0 Å². The third kappa shape index (κ3) is 291. The van der Waals surface area contributed by atoms with Crippen LogP contribution in [0.4, 0.5) is 0 Å². The first kappa shape index (κ1) is 31.4. The molecule has 21 heavy (non-hydrogen) atoms. The molecular formula is C15H33N5O. The van der Waals surface area contributed by atoms with Gasteiger partial charge in [0.05, 0.1) is 7.05 Å². The van der Waals surface area contributed by atoms with Gasteiger partial charge in [0, 0.05) is 21.1 Å². The predicted octanol–water partition coefficient (Wildman–Crippen LogP) is 4.23. The number of hydrogen-bond donors (Lipinski definition) is 0. The molecule has 0 aliphatic heterocycles. The summed E-state index contributed by atoms with van der Waals surface area (Å²) in [5, 5.41) is 19.5. The predicted molar refractivity (Wildman–Crippen MR) is 94.3 cm³/mol. The van der Waals surface area contributed by atoms with Gasteiger partial charge in [0.15, 0.2) is 7.05 Å². The average molecular weight is 299 g/mol. The molecule has 0 aliphatic rings. The van der Waals surface area contributed by atoms with Crippen molar-refractivity contribution in [1.82, 2.24) is 0 Å². The van der Waals surface area contributed by atoms with E-state index in [0.717, 1.165) is 0 Å². The smallest absolute Gasteiger partial charge is 0.171 e. The van der Waals surface area contributed by atoms with Crippen molar-refractivity contribution in [1.29, 1.82) is 0 Å². The Morgan fingerprint density at radius 1 is 0.857 bits per heavy atom. The van der Waals surface area contributed by atoms with Crippen LogP contribution in [0.5, 0.6) is 0 Å². The van der Waals surface area contributed by atoms with Gasteiger partial charge >= 0.3 is 0 Å². The van der Waals surface area contributed by atoms with Crippen molar-refractivity contribution in [3.8, 4) is 11.8 Å². The molecule has 0 N–H and O–H groups in total. The standard InChI is InChI=1S/C4H8.C4H6.C3H7N.C2H6N2O.C2H6N2/c3*1-3-4-2;1-3-4(2)5;1-3-4-2/h3-4H,1-2H3;1-2H3;3H,1-2H3;1-2H3;1-2H3/b4-3-;;;;. The molecule has 0 saturated carbocycles. The van der Waals surface area contributed by atoms with E-state index in [0.29, 0.717) is 4.86 Å². The molecule has 0 fully saturated rings. The van der Waals surface area contributed by atoms with Crippen LogP contribution in [0.2, 0.25) is 0 Å². The SMILES string of the molecule is C/C=C\C.CC#CC.CC=NC.CN=NC.CN=[N+](C)[O-]. The quantitative estimate of drug-likeness (QED) is 0.165. The molecule has 0 unspecified atom stereocenters. The van der Waals surface area contributed by atoms with Crippen molar-refractivity contribution in [3.63, 3.8) is 0 Å². The maximum atomic E-state index is 9.56. The molecule has 0 heterocycles. The molecule has 0 bridgehead atoms. The van der Waals surface area contributed by atoms with Crippen LogP contribution in [0.3, 0.4) is 0 Å². The van der Waals surface area contributed by atoms with E-state index in [-0.39, 0.29) is 0 Å². The topological polar surface area (TPSA) is 75.5 Å². The maximum absolute atomic E-state index is 9.56. The molecule has 0 aromatic carbocycles. The first-order valence-electron chi connectivity index (χ1n) is 6.39. The summed E-state index contributed by atoms with van der Waals surface area (Å²) in [6.07, 6.45) is 5.75. The highest BCUT2D eigenvalue weighted by Crippen LogP contribution is 1.57. The Morgan fingerprint density at radius 3 is 1.10 bits per heavy atom. The fraction of sp³-hybridized carbons (Fsp3) is 0.667. The van der Waals surface area contributed by atoms with Crippen LogP contribution in [0.15, 0.2) is 32.5 Å². The van der Waals surface area contributed by atoms with Gasteiger partial charge in [0.2, 0.25) is 0 Å². The second-order valence-corrected chi connectivity index (χ2v) is 2.75. The van der Waals surface area contributed by atoms with Crippen LogP contribution in [0, 0.1) is 17.0 Å². The van der Waals surface area contributed by atoms with E-state index in [1.807, 2.05) is 46.8 Å². The van der Waals surface area contributed by atoms with Gasteiger partial charge in [0.1, 0.15) is 0 Å². The monoisotopic (exact) mass is 299 g/mol. The molecule has 0 aliphatic carbocycles. The molecule has 0 amide bonds. The van der Waals surface area contributed by atoms with E-state index in [1.54, 1.807) is 27.4 Å². The zero-order valence-electron chi connectivity index (χ0n) is 15.4. The number of azo groups is 2. The molecule has 6 heteroatoms. The van der Waals surface area contributed by atoms with Crippen molar-refractivity contribution < 1.29 is 4.86 Å². The lowest BCUT2D eigenvalue weighted by Crippen LogP contribution is -1.84. The number of rotatable bonds is 0. The molecule has 0 aromatic rings. The van der Waals surface area contributed by atoms with E-state index in [9.17, 15) is 5.21 Å². The number of aliphatic imine (C=N–C) groups is 1. The summed E-state index contributed by atoms with van der Waals surface area (Å²) in [6.45, 7) is 9.53. The van der Waals surface area contributed by atoms with E-state index in [4.69, 9.17) is 0 Å². The minimum Gasteiger partial charge on any atom is -0.600 e. The molecule has 6 nitrogen and oxygen atoms in total. The van der Waals surface area contributed by atoms with E-state index in [1.165, 1.54) is 14.1 Å². The van der Waals surface area contributed by atoms with Crippen LogP contribution in [-0.4, -0.2) is 46.3 Å². The lowest BCUT2D eigenvalue weighted by molar-refractivity contribution is -0.497. The largest absolute Gasteiger partial charge is 0.600 e. The minimum atomic E-state index is 0.500. The van der Waals surface area contributed by atoms with Crippen molar-refractivity contribution in [3.05, 3.63) is 17.4 Å². The highest BCUT2D eigenvalue weighted by Gasteiger charge is 1.59. The number of hydroxylamine groups is 1. The van der Waals surface area contributed by atoms with E-state index >= 15 is 0 Å². The first-order valence-corrected chi connectivity index (χ1v) is 6.39. The zero-order chi connectivity index (χ0) is 17.9. The third-order valence-corrected chi connectivity index (χ3v) is 1.32. The summed E-state index contributed by atoms with van der Waals surface area (Å²) in [7, 11) is 7.80. The molecule has 0 rings (SSSR count). The fourth-order valence-electron chi connectivity index (χ4n) is 0. The third-order valence-electron chi connectivity index (χ3n) is 1.32. The Bertz CT molecular complexity index is 264. The molecule has 0 radical (unpaired) electrons. The molecule has 0 aromatic heterocycles. The second-order valence-electron chi connectivity index (χ2n) is 2.75. The Hall–Kier alpha value is -2.03. The Morgan fingerprint density at radius 2 is 1.10 bits per heavy atom. The second kappa shape index (κ2) is 52.1. The molecule has 124 valence electrons. The van der Waals surface area contributed by atoms with Crippen LogP contribution >= 0.6 is 0 Å². The molecule has 0 spiro atoms. The van der Waals surface area contributed by atoms with E-state index in [2.05, 4.69) is 32.2 Å². The molecule has 0 atom stereocenters. The van der Waals surface area contributed by atoms with Gasteiger partial charge < -0.3 is 10.2 Å². The Balaban J connectivity index is -0.0000000510. The molecule has 0 saturated heterocycles. The molecular weight excluding hydrogens is 266 g/mol. The normalized spacial score (nSPS) is 8.95. The highest BCUT2D eigenvalue weighted by molar-refractivity contribution is 5.52. The Labute approximate surface area is 131 Å². The van der Waals surface area contributed by atoms with Crippen LogP contribution < -0.4 is 0 Å². The van der Waals surface area contributed by atoms with Crippen molar-refractivity contribution >= 4 is 6.21 Å². The summed E-state index contributed by atoms with van der Waals surface area (Å²) in [6, 6.07) is 0. The summed E-state index contributed by atoms with van der Waals surface area (Å²) in [4.78, 5) is 4.11. The first-order chi connectivity index (χ1) is 9.93. The van der Waals surface area contributed by atoms with Crippen LogP contribution in [0.25, 0.3) is 0 Å². The summed E-state index contributed by atoms with van der Waals surface area (Å²) in [5.41, 5.74) is 0. The minimum absolute atomic E-state index is 0.500. The number of allylic oxidation sites excluding steroid dienone is 2. The summed E-state index contributed by atoms with van der Waals surface area (Å²) < 4.78 is 0. The van der Waals surface area contributed by atoms with Crippen molar-refractivity contribution in [2.24, 2.45) is 20.3 Å². The summed E-state index contributed by atoms with van der Waals surface area (Å²) >= 11 is 0. The van der Waals surface area contributed by atoms with Gasteiger partial charge in [-0.2, -0.15) is 10.2 Å². The highest BCUT2D eigenvalue weighted by atomic mass is 16.5. The number of hydrogen-bond acceptors (Lipinski definition) is 5. The van der Waals surface area contributed by atoms with Gasteiger partial charge in [-0.25, -0.2) is 0 Å².